The van der Waals surface area contributed by atoms with Gasteiger partial charge in [-0.2, -0.15) is 0 Å². The van der Waals surface area contributed by atoms with Crippen LogP contribution in [-0.2, 0) is 0 Å². The summed E-state index contributed by atoms with van der Waals surface area (Å²) in [4.78, 5) is 2.79. The van der Waals surface area contributed by atoms with Gasteiger partial charge in [-0.15, -0.1) is 0 Å². The van der Waals surface area contributed by atoms with Gasteiger partial charge in [0.15, 0.2) is 0 Å². The maximum atomic E-state index is 10.0. The quantitative estimate of drug-likeness (QED) is 0.848. The third kappa shape index (κ3) is 3.06. The Kier molecular flexibility index (Phi) is 4.72. The van der Waals surface area contributed by atoms with E-state index in [9.17, 15) is 5.11 Å². The van der Waals surface area contributed by atoms with Crippen LogP contribution in [0, 0.1) is 17.3 Å². The number of hydrogen-bond acceptors (Lipinski definition) is 2. The van der Waals surface area contributed by atoms with E-state index in [-0.39, 0.29) is 5.41 Å². The summed E-state index contributed by atoms with van der Waals surface area (Å²) in [5.41, 5.74) is 0.228. The van der Waals surface area contributed by atoms with E-state index >= 15 is 0 Å². The van der Waals surface area contributed by atoms with E-state index < -0.39 is 0 Å². The zero-order chi connectivity index (χ0) is 14.0. The number of fused-ring (bicyclic) bond motifs is 1. The first kappa shape index (κ1) is 14.8. The number of aliphatic hydroxyl groups excluding tert-OH is 1. The fraction of sp³-hybridized carbons (Fsp3) is 1.00. The number of hydrogen-bond donors (Lipinski definition) is 1. The zero-order valence-electron chi connectivity index (χ0n) is 13.3. The van der Waals surface area contributed by atoms with Gasteiger partial charge < -0.3 is 5.11 Å². The summed E-state index contributed by atoms with van der Waals surface area (Å²) in [5.74, 6) is 1.84. The monoisotopic (exact) mass is 279 g/mol. The van der Waals surface area contributed by atoms with Gasteiger partial charge in [0, 0.05) is 24.6 Å². The predicted molar refractivity (Wildman–Crippen MR) is 83.7 cm³/mol. The minimum absolute atomic E-state index is 0.228. The number of likely N-dealkylation sites (tertiary alicyclic amines) is 1. The summed E-state index contributed by atoms with van der Waals surface area (Å²) in [6.45, 7) is 5.25. The maximum absolute atomic E-state index is 10.0. The highest BCUT2D eigenvalue weighted by Gasteiger charge is 2.40. The van der Waals surface area contributed by atoms with Crippen molar-refractivity contribution >= 4 is 0 Å². The highest BCUT2D eigenvalue weighted by Crippen LogP contribution is 2.42. The lowest BCUT2D eigenvalue weighted by Crippen LogP contribution is -2.52. The smallest absolute Gasteiger partial charge is 0.0499 e. The molecule has 3 fully saturated rings. The molecule has 2 atom stereocenters. The molecule has 2 nitrogen and oxygen atoms in total. The van der Waals surface area contributed by atoms with E-state index in [1.165, 1.54) is 77.3 Å². The average Bonchev–Trinajstić information content (AvgIpc) is 2.50. The molecule has 1 N–H and O–H groups in total. The number of rotatable bonds is 3. The normalized spacial score (nSPS) is 43.2. The number of piperidine rings is 1. The van der Waals surface area contributed by atoms with Gasteiger partial charge in [0.1, 0.15) is 0 Å². The van der Waals surface area contributed by atoms with Gasteiger partial charge in [-0.1, -0.05) is 32.6 Å². The Hall–Kier alpha value is -0.0800. The Morgan fingerprint density at radius 3 is 2.45 bits per heavy atom. The van der Waals surface area contributed by atoms with E-state index in [0.717, 1.165) is 17.9 Å². The zero-order valence-corrected chi connectivity index (χ0v) is 13.3. The number of nitrogens with zero attached hydrogens (tertiary/aromatic N) is 1. The lowest BCUT2D eigenvalue weighted by atomic mass is 9.69. The standard InChI is InChI=1S/C18H33NO/c1-15-8-10-18(14-20,11-9-15)13-19-12-4-6-16-5-2-3-7-17(16)19/h15-17,20H,2-14H2,1H3. The second-order valence-electron chi connectivity index (χ2n) is 8.07. The fourth-order valence-corrected chi connectivity index (χ4v) is 5.10. The molecule has 0 aromatic heterocycles. The molecule has 2 saturated carbocycles. The second kappa shape index (κ2) is 6.36. The fourth-order valence-electron chi connectivity index (χ4n) is 5.10. The summed E-state index contributed by atoms with van der Waals surface area (Å²) in [6, 6.07) is 0.847. The third-order valence-electron chi connectivity index (χ3n) is 6.57. The molecule has 116 valence electrons. The summed E-state index contributed by atoms with van der Waals surface area (Å²) in [6.07, 6.45) is 13.8. The summed E-state index contributed by atoms with van der Waals surface area (Å²) in [7, 11) is 0. The van der Waals surface area contributed by atoms with Crippen molar-refractivity contribution in [3.8, 4) is 0 Å². The number of aliphatic hydroxyl groups is 1. The molecule has 1 aliphatic heterocycles. The van der Waals surface area contributed by atoms with Crippen LogP contribution in [0.2, 0.25) is 0 Å². The van der Waals surface area contributed by atoms with Crippen molar-refractivity contribution in [3.63, 3.8) is 0 Å². The molecule has 2 aliphatic carbocycles. The van der Waals surface area contributed by atoms with Gasteiger partial charge in [0.05, 0.1) is 0 Å². The lowest BCUT2D eigenvalue weighted by molar-refractivity contribution is -0.0191. The Labute approximate surface area is 124 Å². The first-order chi connectivity index (χ1) is 9.72. The van der Waals surface area contributed by atoms with Gasteiger partial charge in [-0.3, -0.25) is 4.90 Å². The first-order valence-electron chi connectivity index (χ1n) is 9.07. The van der Waals surface area contributed by atoms with Crippen LogP contribution in [0.25, 0.3) is 0 Å². The Morgan fingerprint density at radius 2 is 1.70 bits per heavy atom. The molecular formula is C18H33NO. The molecule has 20 heavy (non-hydrogen) atoms. The van der Waals surface area contributed by atoms with Crippen LogP contribution < -0.4 is 0 Å². The van der Waals surface area contributed by atoms with E-state index in [2.05, 4.69) is 11.8 Å². The highest BCUT2D eigenvalue weighted by molar-refractivity contribution is 4.93. The minimum Gasteiger partial charge on any atom is -0.396 e. The summed E-state index contributed by atoms with van der Waals surface area (Å²) >= 11 is 0. The minimum atomic E-state index is 0.228. The SMILES string of the molecule is CC1CCC(CO)(CN2CCCC3CCCCC32)CC1. The van der Waals surface area contributed by atoms with Gasteiger partial charge in [-0.25, -0.2) is 0 Å². The lowest BCUT2D eigenvalue weighted by Gasteiger charge is -2.49. The Balaban J connectivity index is 1.65. The summed E-state index contributed by atoms with van der Waals surface area (Å²) < 4.78 is 0. The van der Waals surface area contributed by atoms with Gasteiger partial charge in [-0.05, 0) is 56.9 Å². The Bertz CT molecular complexity index is 307. The van der Waals surface area contributed by atoms with Gasteiger partial charge in [0.2, 0.25) is 0 Å². The maximum Gasteiger partial charge on any atom is 0.0499 e. The largest absolute Gasteiger partial charge is 0.396 e. The van der Waals surface area contributed by atoms with Crippen molar-refractivity contribution in [2.45, 2.75) is 77.2 Å². The van der Waals surface area contributed by atoms with Crippen molar-refractivity contribution in [2.24, 2.45) is 17.3 Å². The van der Waals surface area contributed by atoms with Crippen molar-refractivity contribution in [1.29, 1.82) is 0 Å². The van der Waals surface area contributed by atoms with Crippen LogP contribution in [0.4, 0.5) is 0 Å². The molecule has 1 saturated heterocycles. The molecule has 0 radical (unpaired) electrons. The first-order valence-corrected chi connectivity index (χ1v) is 9.07. The van der Waals surface area contributed by atoms with Crippen LogP contribution in [0.5, 0.6) is 0 Å². The molecule has 3 rings (SSSR count). The topological polar surface area (TPSA) is 23.5 Å². The molecule has 2 heteroatoms. The Morgan fingerprint density at radius 1 is 1.00 bits per heavy atom. The van der Waals surface area contributed by atoms with Crippen molar-refractivity contribution in [2.75, 3.05) is 19.7 Å². The predicted octanol–water partition coefficient (Wildman–Crippen LogP) is 3.83. The molecule has 1 heterocycles. The van der Waals surface area contributed by atoms with Gasteiger partial charge in [0.25, 0.3) is 0 Å². The van der Waals surface area contributed by atoms with Crippen LogP contribution in [0.3, 0.4) is 0 Å². The molecule has 2 unspecified atom stereocenters. The van der Waals surface area contributed by atoms with Crippen LogP contribution in [0.15, 0.2) is 0 Å². The van der Waals surface area contributed by atoms with Crippen LogP contribution in [-0.4, -0.2) is 35.7 Å². The third-order valence-corrected chi connectivity index (χ3v) is 6.57. The highest BCUT2D eigenvalue weighted by atomic mass is 16.3. The van der Waals surface area contributed by atoms with E-state index in [1.54, 1.807) is 0 Å². The average molecular weight is 279 g/mol. The van der Waals surface area contributed by atoms with Crippen molar-refractivity contribution < 1.29 is 5.11 Å². The van der Waals surface area contributed by atoms with E-state index in [4.69, 9.17) is 0 Å². The second-order valence-corrected chi connectivity index (χ2v) is 8.07. The molecular weight excluding hydrogens is 246 g/mol. The van der Waals surface area contributed by atoms with Gasteiger partial charge >= 0.3 is 0 Å². The molecule has 0 bridgehead atoms. The van der Waals surface area contributed by atoms with E-state index in [0.29, 0.717) is 6.61 Å². The molecule has 3 aliphatic rings. The molecule has 0 aromatic rings. The molecule has 0 aromatic carbocycles. The van der Waals surface area contributed by atoms with Crippen molar-refractivity contribution in [1.82, 2.24) is 4.90 Å². The van der Waals surface area contributed by atoms with E-state index in [1.807, 2.05) is 0 Å². The van der Waals surface area contributed by atoms with Crippen LogP contribution >= 0.6 is 0 Å². The summed E-state index contributed by atoms with van der Waals surface area (Å²) in [5, 5.41) is 10.0. The molecule has 0 spiro atoms. The van der Waals surface area contributed by atoms with Crippen molar-refractivity contribution in [3.05, 3.63) is 0 Å². The molecule has 0 amide bonds. The van der Waals surface area contributed by atoms with Crippen LogP contribution in [0.1, 0.15) is 71.1 Å².